The van der Waals surface area contributed by atoms with Crippen molar-refractivity contribution in [3.63, 3.8) is 0 Å². The number of rotatable bonds is 8. The number of aryl methyl sites for hydroxylation is 2. The molecule has 6 nitrogen and oxygen atoms in total. The lowest BCUT2D eigenvalue weighted by Gasteiger charge is -2.15. The molecule has 2 heterocycles. The zero-order valence-corrected chi connectivity index (χ0v) is 18.2. The van der Waals surface area contributed by atoms with Crippen LogP contribution in [0.2, 0.25) is 0 Å². The van der Waals surface area contributed by atoms with Gasteiger partial charge in [0.05, 0.1) is 17.3 Å². The summed E-state index contributed by atoms with van der Waals surface area (Å²) in [6, 6.07) is 9.92. The van der Waals surface area contributed by atoms with Crippen molar-refractivity contribution < 1.29 is 4.79 Å². The highest BCUT2D eigenvalue weighted by Gasteiger charge is 2.16. The molecule has 0 fully saturated rings. The number of thioether (sulfide) groups is 1. The van der Waals surface area contributed by atoms with Crippen LogP contribution in [-0.2, 0) is 11.3 Å². The lowest BCUT2D eigenvalue weighted by atomic mass is 10.1. The molecule has 3 aromatic rings. The van der Waals surface area contributed by atoms with Gasteiger partial charge in [-0.1, -0.05) is 54.9 Å². The van der Waals surface area contributed by atoms with E-state index in [1.807, 2.05) is 51.1 Å². The quantitative estimate of drug-likeness (QED) is 0.431. The number of unbranched alkanes of at least 4 members (excludes halogenated alkanes) is 1. The molecule has 7 heteroatoms. The molecule has 29 heavy (non-hydrogen) atoms. The van der Waals surface area contributed by atoms with E-state index in [0.29, 0.717) is 22.7 Å². The molecule has 2 aromatic heterocycles. The van der Waals surface area contributed by atoms with Gasteiger partial charge in [0.1, 0.15) is 5.52 Å². The Bertz CT molecular complexity index is 1050. The van der Waals surface area contributed by atoms with Gasteiger partial charge < -0.3 is 10.3 Å². The fraction of sp³-hybridized carbons (Fsp3) is 0.409. The SMILES string of the molecule is CCCCn1c(SCC(=O)N[C@H](C)c2ccc(C)cc2)nc2cc(C)[nH]c2c1=O. The van der Waals surface area contributed by atoms with Crippen molar-refractivity contribution in [3.8, 4) is 0 Å². The van der Waals surface area contributed by atoms with Crippen molar-refractivity contribution in [1.29, 1.82) is 0 Å². The molecule has 1 aromatic carbocycles. The van der Waals surface area contributed by atoms with Crippen molar-refractivity contribution >= 4 is 28.7 Å². The van der Waals surface area contributed by atoms with Crippen LogP contribution in [-0.4, -0.2) is 26.2 Å². The van der Waals surface area contributed by atoms with Crippen molar-refractivity contribution in [2.75, 3.05) is 5.75 Å². The van der Waals surface area contributed by atoms with E-state index in [2.05, 4.69) is 22.2 Å². The fourth-order valence-electron chi connectivity index (χ4n) is 3.19. The van der Waals surface area contributed by atoms with E-state index in [-0.39, 0.29) is 23.3 Å². The van der Waals surface area contributed by atoms with Crippen LogP contribution in [0.25, 0.3) is 11.0 Å². The van der Waals surface area contributed by atoms with Crippen molar-refractivity contribution in [2.45, 2.75) is 58.3 Å². The smallest absolute Gasteiger partial charge is 0.278 e. The molecule has 0 aliphatic heterocycles. The van der Waals surface area contributed by atoms with Crippen LogP contribution >= 0.6 is 11.8 Å². The van der Waals surface area contributed by atoms with E-state index in [1.165, 1.54) is 17.3 Å². The number of carbonyl (C=O) groups excluding carboxylic acids is 1. The first-order valence-electron chi connectivity index (χ1n) is 9.98. The Morgan fingerprint density at radius 3 is 2.69 bits per heavy atom. The summed E-state index contributed by atoms with van der Waals surface area (Å²) >= 11 is 1.31. The van der Waals surface area contributed by atoms with Gasteiger partial charge in [-0.15, -0.1) is 0 Å². The molecule has 0 bridgehead atoms. The molecule has 0 radical (unpaired) electrons. The number of nitrogens with zero attached hydrogens (tertiary/aromatic N) is 2. The Morgan fingerprint density at radius 2 is 2.00 bits per heavy atom. The van der Waals surface area contributed by atoms with Crippen LogP contribution in [0.1, 0.15) is 49.6 Å². The highest BCUT2D eigenvalue weighted by atomic mass is 32.2. The van der Waals surface area contributed by atoms with Gasteiger partial charge in [0.25, 0.3) is 5.56 Å². The molecular weight excluding hydrogens is 384 g/mol. The molecule has 1 atom stereocenters. The molecule has 1 amide bonds. The Labute approximate surface area is 175 Å². The molecule has 3 rings (SSSR count). The number of benzene rings is 1. The van der Waals surface area contributed by atoms with Crippen LogP contribution < -0.4 is 10.9 Å². The maximum absolute atomic E-state index is 12.9. The summed E-state index contributed by atoms with van der Waals surface area (Å²) in [5.41, 5.74) is 4.26. The van der Waals surface area contributed by atoms with Gasteiger partial charge >= 0.3 is 0 Å². The Hall–Kier alpha value is -2.54. The number of nitrogens with one attached hydrogen (secondary N) is 2. The van der Waals surface area contributed by atoms with E-state index in [9.17, 15) is 9.59 Å². The number of aromatic nitrogens is 3. The van der Waals surface area contributed by atoms with E-state index in [0.717, 1.165) is 24.1 Å². The average Bonchev–Trinajstić information content (AvgIpc) is 3.07. The second-order valence-corrected chi connectivity index (χ2v) is 8.35. The minimum atomic E-state index is -0.0790. The molecule has 0 saturated heterocycles. The van der Waals surface area contributed by atoms with Gasteiger partial charge in [-0.3, -0.25) is 14.2 Å². The van der Waals surface area contributed by atoms with Crippen LogP contribution in [0.5, 0.6) is 0 Å². The standard InChI is InChI=1S/C22H28N4O2S/c1-5-6-11-26-21(28)20-18(12-15(3)23-20)25-22(26)29-13-19(27)24-16(4)17-9-7-14(2)8-10-17/h7-10,12,16,23H,5-6,11,13H2,1-4H3,(H,24,27)/t16-/m1/s1. The summed E-state index contributed by atoms with van der Waals surface area (Å²) in [5, 5.41) is 3.61. The summed E-state index contributed by atoms with van der Waals surface area (Å²) in [6.07, 6.45) is 1.86. The monoisotopic (exact) mass is 412 g/mol. The van der Waals surface area contributed by atoms with E-state index in [1.54, 1.807) is 4.57 Å². The number of hydrogen-bond acceptors (Lipinski definition) is 4. The summed E-state index contributed by atoms with van der Waals surface area (Å²) < 4.78 is 1.68. The van der Waals surface area contributed by atoms with Crippen LogP contribution in [0, 0.1) is 13.8 Å². The minimum Gasteiger partial charge on any atom is -0.353 e. The van der Waals surface area contributed by atoms with Crippen LogP contribution in [0.3, 0.4) is 0 Å². The van der Waals surface area contributed by atoms with Gasteiger partial charge in [0.2, 0.25) is 5.91 Å². The number of aromatic amines is 1. The first kappa shape index (κ1) is 21.2. The third-order valence-electron chi connectivity index (χ3n) is 4.86. The number of fused-ring (bicyclic) bond motifs is 1. The first-order valence-corrected chi connectivity index (χ1v) is 11.0. The van der Waals surface area contributed by atoms with Crippen LogP contribution in [0.15, 0.2) is 40.3 Å². The van der Waals surface area contributed by atoms with Gasteiger partial charge in [-0.2, -0.15) is 0 Å². The summed E-state index contributed by atoms with van der Waals surface area (Å²) in [5.74, 6) is 0.133. The van der Waals surface area contributed by atoms with Gasteiger partial charge in [0, 0.05) is 12.2 Å². The van der Waals surface area contributed by atoms with E-state index >= 15 is 0 Å². The Morgan fingerprint density at radius 1 is 1.28 bits per heavy atom. The number of hydrogen-bond donors (Lipinski definition) is 2. The van der Waals surface area contributed by atoms with Gasteiger partial charge in [-0.25, -0.2) is 4.98 Å². The zero-order valence-electron chi connectivity index (χ0n) is 17.4. The normalized spacial score (nSPS) is 12.3. The summed E-state index contributed by atoms with van der Waals surface area (Å²) in [6.45, 7) is 8.60. The topological polar surface area (TPSA) is 79.8 Å². The van der Waals surface area contributed by atoms with Crippen LogP contribution in [0.4, 0.5) is 0 Å². The van der Waals surface area contributed by atoms with Crippen molar-refractivity contribution in [3.05, 3.63) is 57.5 Å². The highest BCUT2D eigenvalue weighted by Crippen LogP contribution is 2.20. The number of carbonyl (C=O) groups is 1. The molecule has 0 aliphatic rings. The van der Waals surface area contributed by atoms with E-state index < -0.39 is 0 Å². The zero-order chi connectivity index (χ0) is 21.0. The third-order valence-corrected chi connectivity index (χ3v) is 5.84. The molecule has 0 saturated carbocycles. The molecule has 0 spiro atoms. The fourth-order valence-corrected chi connectivity index (χ4v) is 4.02. The molecule has 154 valence electrons. The number of H-pyrrole nitrogens is 1. The lowest BCUT2D eigenvalue weighted by Crippen LogP contribution is -2.29. The third kappa shape index (κ3) is 5.09. The number of amides is 1. The maximum atomic E-state index is 12.9. The predicted octanol–water partition coefficient (Wildman–Crippen LogP) is 4.11. The Balaban J connectivity index is 1.73. The second kappa shape index (κ2) is 9.31. The lowest BCUT2D eigenvalue weighted by molar-refractivity contribution is -0.119. The largest absolute Gasteiger partial charge is 0.353 e. The maximum Gasteiger partial charge on any atom is 0.278 e. The molecule has 2 N–H and O–H groups in total. The predicted molar refractivity (Wildman–Crippen MR) is 118 cm³/mol. The molecule has 0 aliphatic carbocycles. The highest BCUT2D eigenvalue weighted by molar-refractivity contribution is 7.99. The summed E-state index contributed by atoms with van der Waals surface area (Å²) in [4.78, 5) is 33.1. The van der Waals surface area contributed by atoms with Crippen molar-refractivity contribution in [2.24, 2.45) is 0 Å². The van der Waals surface area contributed by atoms with E-state index in [4.69, 9.17) is 0 Å². The minimum absolute atomic E-state index is 0.0752. The second-order valence-electron chi connectivity index (χ2n) is 7.41. The summed E-state index contributed by atoms with van der Waals surface area (Å²) in [7, 11) is 0. The molecule has 0 unspecified atom stereocenters. The van der Waals surface area contributed by atoms with Gasteiger partial charge in [0.15, 0.2) is 5.16 Å². The van der Waals surface area contributed by atoms with Gasteiger partial charge in [-0.05, 0) is 38.8 Å². The first-order chi connectivity index (χ1) is 13.9. The van der Waals surface area contributed by atoms with Crippen molar-refractivity contribution in [1.82, 2.24) is 19.9 Å². The average molecular weight is 413 g/mol. The Kier molecular flexibility index (Phi) is 6.79. The molecular formula is C22H28N4O2S.